The Morgan fingerprint density at radius 2 is 1.94 bits per heavy atom. The number of fused-ring (bicyclic) bond motifs is 1. The molecule has 0 unspecified atom stereocenters. The Balaban J connectivity index is 1.77. The fraction of sp³-hybridized carbons (Fsp3) is 0.240. The third kappa shape index (κ3) is 4.39. The molecule has 0 saturated carbocycles. The van der Waals surface area contributed by atoms with Gasteiger partial charge >= 0.3 is 0 Å². The topological polar surface area (TPSA) is 61.4 Å². The molecule has 0 N–H and O–H groups in total. The zero-order valence-electron chi connectivity index (χ0n) is 18.3. The van der Waals surface area contributed by atoms with Crippen LogP contribution in [0, 0.1) is 0 Å². The molecule has 7 heteroatoms. The third-order valence-electron chi connectivity index (χ3n) is 5.40. The lowest BCUT2D eigenvalue weighted by molar-refractivity contribution is 0.340. The molecule has 32 heavy (non-hydrogen) atoms. The van der Waals surface area contributed by atoms with E-state index in [-0.39, 0.29) is 11.5 Å². The van der Waals surface area contributed by atoms with Gasteiger partial charge in [-0.2, -0.15) is 9.78 Å². The van der Waals surface area contributed by atoms with Gasteiger partial charge in [-0.1, -0.05) is 29.8 Å². The van der Waals surface area contributed by atoms with Crippen LogP contribution in [0.3, 0.4) is 0 Å². The van der Waals surface area contributed by atoms with Crippen LogP contribution in [0.15, 0.2) is 75.2 Å². The van der Waals surface area contributed by atoms with Crippen LogP contribution in [0.4, 0.5) is 0 Å². The Hall–Kier alpha value is -3.19. The predicted molar refractivity (Wildman–Crippen MR) is 132 cm³/mol. The minimum atomic E-state index is -0.179. The normalized spacial score (nSPS) is 12.5. The lowest BCUT2D eigenvalue weighted by Crippen LogP contribution is -2.23. The Labute approximate surface area is 195 Å². The first kappa shape index (κ1) is 22.0. The average Bonchev–Trinajstić information content (AvgIpc) is 3.27. The van der Waals surface area contributed by atoms with Crippen molar-refractivity contribution in [1.82, 2.24) is 14.2 Å². The molecule has 164 valence electrons. The van der Waals surface area contributed by atoms with Crippen LogP contribution in [0.2, 0.25) is 0 Å². The van der Waals surface area contributed by atoms with Crippen molar-refractivity contribution in [3.63, 3.8) is 0 Å². The molecule has 1 atom stereocenters. The molecule has 0 saturated heterocycles. The van der Waals surface area contributed by atoms with E-state index >= 15 is 0 Å². The Kier molecular flexibility index (Phi) is 6.55. The Bertz CT molecular complexity index is 1320. The van der Waals surface area contributed by atoms with E-state index in [4.69, 9.17) is 9.72 Å². The molecule has 0 aliphatic heterocycles. The van der Waals surface area contributed by atoms with E-state index in [0.29, 0.717) is 23.3 Å². The van der Waals surface area contributed by atoms with Crippen molar-refractivity contribution >= 4 is 33.0 Å². The highest BCUT2D eigenvalue weighted by Gasteiger charge is 2.15. The fourth-order valence-corrected chi connectivity index (χ4v) is 3.86. The van der Waals surface area contributed by atoms with E-state index in [1.54, 1.807) is 12.3 Å². The van der Waals surface area contributed by atoms with Gasteiger partial charge in [-0.05, 0) is 67.9 Å². The minimum absolute atomic E-state index is 0.0887. The SMILES string of the molecule is CCOc1ccc(-n2cccc2C=Nn2c([C@@H](C)CC)nc3ccc(Br)cc3c2=O)cc1. The number of aromatic nitrogens is 3. The smallest absolute Gasteiger partial charge is 0.282 e. The van der Waals surface area contributed by atoms with Crippen LogP contribution in [0.5, 0.6) is 5.75 Å². The van der Waals surface area contributed by atoms with Crippen molar-refractivity contribution < 1.29 is 4.74 Å². The monoisotopic (exact) mass is 492 g/mol. The highest BCUT2D eigenvalue weighted by Crippen LogP contribution is 2.21. The van der Waals surface area contributed by atoms with Crippen LogP contribution in [-0.4, -0.2) is 27.0 Å². The molecule has 0 fully saturated rings. The Morgan fingerprint density at radius 1 is 1.16 bits per heavy atom. The van der Waals surface area contributed by atoms with Gasteiger partial charge in [0.2, 0.25) is 0 Å². The second-order valence-corrected chi connectivity index (χ2v) is 8.45. The van der Waals surface area contributed by atoms with Crippen LogP contribution in [-0.2, 0) is 0 Å². The summed E-state index contributed by atoms with van der Waals surface area (Å²) in [5, 5.41) is 5.12. The van der Waals surface area contributed by atoms with E-state index in [2.05, 4.69) is 34.9 Å². The van der Waals surface area contributed by atoms with Crippen LogP contribution < -0.4 is 10.3 Å². The quantitative estimate of drug-likeness (QED) is 0.309. The molecule has 2 aromatic carbocycles. The summed E-state index contributed by atoms with van der Waals surface area (Å²) in [4.78, 5) is 18.1. The molecule has 0 aliphatic carbocycles. The highest BCUT2D eigenvalue weighted by molar-refractivity contribution is 9.10. The van der Waals surface area contributed by atoms with Crippen molar-refractivity contribution in [1.29, 1.82) is 0 Å². The molecule has 4 rings (SSSR count). The van der Waals surface area contributed by atoms with E-state index in [9.17, 15) is 4.79 Å². The molecule has 0 bridgehead atoms. The molecule has 2 heterocycles. The highest BCUT2D eigenvalue weighted by atomic mass is 79.9. The molecule has 6 nitrogen and oxygen atoms in total. The summed E-state index contributed by atoms with van der Waals surface area (Å²) in [6.07, 6.45) is 4.52. The molecular weight excluding hydrogens is 468 g/mol. The maximum atomic E-state index is 13.3. The molecule has 0 spiro atoms. The van der Waals surface area contributed by atoms with Gasteiger partial charge in [0, 0.05) is 22.3 Å². The number of benzene rings is 2. The summed E-state index contributed by atoms with van der Waals surface area (Å²) in [5.41, 5.74) is 2.33. The van der Waals surface area contributed by atoms with Gasteiger partial charge in [0.05, 0.1) is 29.4 Å². The second kappa shape index (κ2) is 9.53. The van der Waals surface area contributed by atoms with E-state index in [1.165, 1.54) is 4.68 Å². The maximum absolute atomic E-state index is 13.3. The van der Waals surface area contributed by atoms with Gasteiger partial charge in [0.15, 0.2) is 0 Å². The van der Waals surface area contributed by atoms with Crippen molar-refractivity contribution in [2.75, 3.05) is 6.61 Å². The molecule has 0 aliphatic rings. The summed E-state index contributed by atoms with van der Waals surface area (Å²) in [6, 6.07) is 17.3. The summed E-state index contributed by atoms with van der Waals surface area (Å²) < 4.78 is 9.81. The number of hydrogen-bond donors (Lipinski definition) is 0. The summed E-state index contributed by atoms with van der Waals surface area (Å²) in [5.74, 6) is 1.57. The van der Waals surface area contributed by atoms with Gasteiger partial charge in [-0.15, -0.1) is 0 Å². The van der Waals surface area contributed by atoms with Crippen LogP contribution >= 0.6 is 15.9 Å². The van der Waals surface area contributed by atoms with Crippen molar-refractivity contribution in [2.24, 2.45) is 5.10 Å². The van der Waals surface area contributed by atoms with Gasteiger partial charge in [0.25, 0.3) is 5.56 Å². The number of ether oxygens (including phenoxy) is 1. The summed E-state index contributed by atoms with van der Waals surface area (Å²) in [7, 11) is 0. The summed E-state index contributed by atoms with van der Waals surface area (Å²) >= 11 is 3.45. The largest absolute Gasteiger partial charge is 0.494 e. The van der Waals surface area contributed by atoms with Crippen LogP contribution in [0.25, 0.3) is 16.6 Å². The fourth-order valence-electron chi connectivity index (χ4n) is 3.50. The molecular formula is C25H25BrN4O2. The molecule has 2 aromatic heterocycles. The molecule has 0 amide bonds. The van der Waals surface area contributed by atoms with E-state index in [0.717, 1.165) is 28.0 Å². The van der Waals surface area contributed by atoms with E-state index in [1.807, 2.05) is 66.2 Å². The predicted octanol–water partition coefficient (Wildman–Crippen LogP) is 5.74. The first-order chi connectivity index (χ1) is 15.5. The first-order valence-electron chi connectivity index (χ1n) is 10.7. The third-order valence-corrected chi connectivity index (χ3v) is 5.89. The number of nitrogens with zero attached hydrogens (tertiary/aromatic N) is 4. The van der Waals surface area contributed by atoms with E-state index < -0.39 is 0 Å². The molecule has 0 radical (unpaired) electrons. The van der Waals surface area contributed by atoms with Crippen molar-refractivity contribution in [2.45, 2.75) is 33.1 Å². The standard InChI is InChI=1S/C25H25BrN4O2/c1-4-17(3)24-28-23-13-8-18(26)15-22(23)25(31)30(24)27-16-20-7-6-14-29(20)19-9-11-21(12-10-19)32-5-2/h6-17H,4-5H2,1-3H3/t17-/m0/s1. The Morgan fingerprint density at radius 3 is 2.66 bits per heavy atom. The molecule has 4 aromatic rings. The van der Waals surface area contributed by atoms with Gasteiger partial charge in [-0.3, -0.25) is 4.79 Å². The number of hydrogen-bond acceptors (Lipinski definition) is 4. The van der Waals surface area contributed by atoms with Crippen molar-refractivity contribution in [3.8, 4) is 11.4 Å². The van der Waals surface area contributed by atoms with Gasteiger partial charge in [0.1, 0.15) is 11.6 Å². The zero-order chi connectivity index (χ0) is 22.7. The van der Waals surface area contributed by atoms with Crippen molar-refractivity contribution in [3.05, 3.63) is 87.1 Å². The number of rotatable bonds is 7. The first-order valence-corrected chi connectivity index (χ1v) is 11.5. The average molecular weight is 493 g/mol. The maximum Gasteiger partial charge on any atom is 0.282 e. The second-order valence-electron chi connectivity index (χ2n) is 7.53. The van der Waals surface area contributed by atoms with Gasteiger partial charge < -0.3 is 9.30 Å². The van der Waals surface area contributed by atoms with Gasteiger partial charge in [-0.25, -0.2) is 4.98 Å². The lowest BCUT2D eigenvalue weighted by Gasteiger charge is -2.14. The lowest BCUT2D eigenvalue weighted by atomic mass is 10.1. The minimum Gasteiger partial charge on any atom is -0.494 e. The summed E-state index contributed by atoms with van der Waals surface area (Å²) in [6.45, 7) is 6.73. The van der Waals surface area contributed by atoms with Crippen LogP contribution in [0.1, 0.15) is 44.6 Å². The zero-order valence-corrected chi connectivity index (χ0v) is 19.9. The number of halogens is 1.